The molecule has 2 aromatic carbocycles. The van der Waals surface area contributed by atoms with Gasteiger partial charge in [-0.3, -0.25) is 25.0 Å². The SMILES string of the molecule is O=C(COc1ccccc1[N+](=O)[O-])N/N=C/c1cc([N+](=O)[O-])ccc1O. The van der Waals surface area contributed by atoms with Crippen LogP contribution in [0.15, 0.2) is 47.6 Å². The molecule has 2 aromatic rings. The Bertz CT molecular complexity index is 882. The molecule has 1 amide bonds. The van der Waals surface area contributed by atoms with Crippen LogP contribution in [0.25, 0.3) is 0 Å². The van der Waals surface area contributed by atoms with E-state index in [0.717, 1.165) is 24.4 Å². The van der Waals surface area contributed by atoms with E-state index in [2.05, 4.69) is 10.5 Å². The number of non-ortho nitro benzene ring substituents is 1. The third kappa shape index (κ3) is 4.74. The van der Waals surface area contributed by atoms with Crippen LogP contribution in [0.2, 0.25) is 0 Å². The van der Waals surface area contributed by atoms with Crippen LogP contribution >= 0.6 is 0 Å². The smallest absolute Gasteiger partial charge is 0.310 e. The number of hydrogen-bond acceptors (Lipinski definition) is 8. The molecule has 0 heterocycles. The maximum Gasteiger partial charge on any atom is 0.310 e. The van der Waals surface area contributed by atoms with E-state index in [4.69, 9.17) is 4.74 Å². The quantitative estimate of drug-likeness (QED) is 0.432. The summed E-state index contributed by atoms with van der Waals surface area (Å²) < 4.78 is 5.07. The van der Waals surface area contributed by atoms with Crippen molar-refractivity contribution in [1.29, 1.82) is 0 Å². The van der Waals surface area contributed by atoms with Crippen molar-refractivity contribution in [3.05, 3.63) is 68.3 Å². The fourth-order valence-electron chi connectivity index (χ4n) is 1.84. The molecule has 134 valence electrons. The van der Waals surface area contributed by atoms with Gasteiger partial charge in [0.2, 0.25) is 0 Å². The summed E-state index contributed by atoms with van der Waals surface area (Å²) in [6.07, 6.45) is 1.02. The van der Waals surface area contributed by atoms with Gasteiger partial charge in [-0.2, -0.15) is 5.10 Å². The predicted octanol–water partition coefficient (Wildman–Crippen LogP) is 1.74. The largest absolute Gasteiger partial charge is 0.507 e. The zero-order valence-electron chi connectivity index (χ0n) is 13.1. The van der Waals surface area contributed by atoms with Crippen LogP contribution in [-0.4, -0.2) is 33.7 Å². The first kappa shape index (κ1) is 18.3. The van der Waals surface area contributed by atoms with Gasteiger partial charge in [0.05, 0.1) is 16.1 Å². The van der Waals surface area contributed by atoms with E-state index < -0.39 is 22.4 Å². The zero-order valence-corrected chi connectivity index (χ0v) is 13.1. The van der Waals surface area contributed by atoms with Gasteiger partial charge < -0.3 is 9.84 Å². The second-order valence-corrected chi connectivity index (χ2v) is 4.81. The molecule has 0 unspecified atom stereocenters. The number of amides is 1. The van der Waals surface area contributed by atoms with Gasteiger partial charge in [-0.1, -0.05) is 12.1 Å². The summed E-state index contributed by atoms with van der Waals surface area (Å²) in [4.78, 5) is 31.9. The Hall–Kier alpha value is -4.02. The number of rotatable bonds is 7. The molecule has 0 aromatic heterocycles. The molecule has 0 saturated carbocycles. The van der Waals surface area contributed by atoms with E-state index in [9.17, 15) is 30.1 Å². The minimum atomic E-state index is -0.718. The van der Waals surface area contributed by atoms with Gasteiger partial charge in [-0.15, -0.1) is 0 Å². The molecule has 11 heteroatoms. The Balaban J connectivity index is 1.95. The van der Waals surface area contributed by atoms with Gasteiger partial charge in [0.25, 0.3) is 11.6 Å². The molecule has 2 N–H and O–H groups in total. The minimum Gasteiger partial charge on any atom is -0.507 e. The van der Waals surface area contributed by atoms with E-state index in [1.54, 1.807) is 0 Å². The summed E-state index contributed by atoms with van der Waals surface area (Å²) in [5.74, 6) is -1.05. The highest BCUT2D eigenvalue weighted by molar-refractivity contribution is 5.86. The highest BCUT2D eigenvalue weighted by Crippen LogP contribution is 2.25. The van der Waals surface area contributed by atoms with Gasteiger partial charge in [0.15, 0.2) is 12.4 Å². The first-order chi connectivity index (χ1) is 12.4. The van der Waals surface area contributed by atoms with Crippen LogP contribution in [0.1, 0.15) is 5.56 Å². The molecule has 0 aliphatic rings. The summed E-state index contributed by atoms with van der Waals surface area (Å²) in [5, 5.41) is 34.7. The molecule has 26 heavy (non-hydrogen) atoms. The Morgan fingerprint density at radius 1 is 1.19 bits per heavy atom. The summed E-state index contributed by atoms with van der Waals surface area (Å²) in [5.41, 5.74) is 1.57. The normalized spacial score (nSPS) is 10.5. The van der Waals surface area contributed by atoms with E-state index in [-0.39, 0.29) is 28.4 Å². The molecular weight excluding hydrogens is 348 g/mol. The van der Waals surface area contributed by atoms with Crippen molar-refractivity contribution in [3.63, 3.8) is 0 Å². The minimum absolute atomic E-state index is 0.0270. The first-order valence-corrected chi connectivity index (χ1v) is 7.04. The second-order valence-electron chi connectivity index (χ2n) is 4.81. The summed E-state index contributed by atoms with van der Waals surface area (Å²) in [6.45, 7) is -0.539. The number of hydrogen-bond donors (Lipinski definition) is 2. The Morgan fingerprint density at radius 3 is 2.62 bits per heavy atom. The topological polar surface area (TPSA) is 157 Å². The number of aromatic hydroxyl groups is 1. The molecule has 0 aliphatic carbocycles. The van der Waals surface area contributed by atoms with Crippen LogP contribution in [0.5, 0.6) is 11.5 Å². The average molecular weight is 360 g/mol. The third-order valence-corrected chi connectivity index (χ3v) is 3.04. The monoisotopic (exact) mass is 360 g/mol. The van der Waals surface area contributed by atoms with E-state index in [0.29, 0.717) is 0 Å². The highest BCUT2D eigenvalue weighted by atomic mass is 16.6. The fraction of sp³-hybridized carbons (Fsp3) is 0.0667. The molecule has 0 radical (unpaired) electrons. The molecular formula is C15H12N4O7. The van der Waals surface area contributed by atoms with Crippen LogP contribution in [0.4, 0.5) is 11.4 Å². The number of phenolic OH excluding ortho intramolecular Hbond substituents is 1. The summed E-state index contributed by atoms with van der Waals surface area (Å²) >= 11 is 0. The van der Waals surface area contributed by atoms with Gasteiger partial charge in [0, 0.05) is 23.8 Å². The Morgan fingerprint density at radius 2 is 1.92 bits per heavy atom. The first-order valence-electron chi connectivity index (χ1n) is 7.04. The molecule has 0 fully saturated rings. The van der Waals surface area contributed by atoms with Crippen LogP contribution in [-0.2, 0) is 4.79 Å². The van der Waals surface area contributed by atoms with E-state index >= 15 is 0 Å². The lowest BCUT2D eigenvalue weighted by molar-refractivity contribution is -0.385. The molecule has 0 spiro atoms. The molecule has 0 aliphatic heterocycles. The average Bonchev–Trinajstić information content (AvgIpc) is 2.61. The summed E-state index contributed by atoms with van der Waals surface area (Å²) in [6, 6.07) is 8.87. The van der Waals surface area contributed by atoms with Crippen LogP contribution in [0.3, 0.4) is 0 Å². The van der Waals surface area contributed by atoms with Gasteiger partial charge in [-0.05, 0) is 12.1 Å². The number of phenols is 1. The van der Waals surface area contributed by atoms with E-state index in [1.165, 1.54) is 24.3 Å². The molecule has 11 nitrogen and oxygen atoms in total. The highest BCUT2D eigenvalue weighted by Gasteiger charge is 2.14. The number of carbonyl (C=O) groups excluding carboxylic acids is 1. The number of para-hydroxylation sites is 2. The molecule has 0 saturated heterocycles. The predicted molar refractivity (Wildman–Crippen MR) is 89.1 cm³/mol. The Labute approximate surface area is 145 Å². The number of nitro benzene ring substituents is 2. The number of hydrazone groups is 1. The number of ether oxygens (including phenoxy) is 1. The van der Waals surface area contributed by atoms with Crippen molar-refractivity contribution in [2.75, 3.05) is 6.61 Å². The van der Waals surface area contributed by atoms with Crippen molar-refractivity contribution < 1.29 is 24.5 Å². The van der Waals surface area contributed by atoms with Gasteiger partial charge in [0.1, 0.15) is 5.75 Å². The fourth-order valence-corrected chi connectivity index (χ4v) is 1.84. The second kappa shape index (κ2) is 8.19. The number of nitro groups is 2. The molecule has 0 atom stereocenters. The van der Waals surface area contributed by atoms with Crippen molar-refractivity contribution in [2.24, 2.45) is 5.10 Å². The lowest BCUT2D eigenvalue weighted by atomic mass is 10.2. The van der Waals surface area contributed by atoms with Crippen molar-refractivity contribution >= 4 is 23.5 Å². The maximum atomic E-state index is 11.7. The maximum absolute atomic E-state index is 11.7. The summed E-state index contributed by atoms with van der Waals surface area (Å²) in [7, 11) is 0. The Kier molecular flexibility index (Phi) is 5.77. The van der Waals surface area contributed by atoms with Crippen LogP contribution < -0.4 is 10.2 Å². The van der Waals surface area contributed by atoms with Gasteiger partial charge >= 0.3 is 5.69 Å². The van der Waals surface area contributed by atoms with E-state index in [1.807, 2.05) is 0 Å². The number of carbonyl (C=O) groups is 1. The number of benzene rings is 2. The molecule has 2 rings (SSSR count). The number of nitrogens with zero attached hydrogens (tertiary/aromatic N) is 3. The van der Waals surface area contributed by atoms with Gasteiger partial charge in [-0.25, -0.2) is 5.43 Å². The van der Waals surface area contributed by atoms with Crippen molar-refractivity contribution in [2.45, 2.75) is 0 Å². The lowest BCUT2D eigenvalue weighted by Gasteiger charge is -2.05. The number of nitrogens with one attached hydrogen (secondary N) is 1. The lowest BCUT2D eigenvalue weighted by Crippen LogP contribution is -2.24. The standard InChI is InChI=1S/C15H12N4O7/c20-13-6-5-11(18(22)23)7-10(13)8-16-17-15(21)9-26-14-4-2-1-3-12(14)19(24)25/h1-8,20H,9H2,(H,17,21)/b16-8+. The third-order valence-electron chi connectivity index (χ3n) is 3.04. The van der Waals surface area contributed by atoms with Crippen LogP contribution in [0, 0.1) is 20.2 Å². The zero-order chi connectivity index (χ0) is 19.1. The van der Waals surface area contributed by atoms with Crippen molar-refractivity contribution in [3.8, 4) is 11.5 Å². The molecule has 0 bridgehead atoms. The van der Waals surface area contributed by atoms with Crippen molar-refractivity contribution in [1.82, 2.24) is 5.43 Å².